The minimum atomic E-state index is -0.00668. The maximum Gasteiger partial charge on any atom is 0.183 e. The second kappa shape index (κ2) is 3.80. The van der Waals surface area contributed by atoms with Crippen LogP contribution < -0.4 is 0 Å². The molecule has 0 bridgehead atoms. The van der Waals surface area contributed by atoms with E-state index in [1.807, 2.05) is 27.0 Å². The van der Waals surface area contributed by atoms with Crippen LogP contribution in [0.1, 0.15) is 50.8 Å². The molecule has 0 aromatic carbocycles. The molecule has 0 saturated heterocycles. The highest BCUT2D eigenvalue weighted by molar-refractivity contribution is 5.96. The van der Waals surface area contributed by atoms with Crippen molar-refractivity contribution in [1.82, 2.24) is 9.78 Å². The Balaban J connectivity index is 3.13. The molecule has 1 rings (SSSR count). The summed E-state index contributed by atoms with van der Waals surface area (Å²) in [6, 6.07) is 1.91. The van der Waals surface area contributed by atoms with Gasteiger partial charge in [-0.2, -0.15) is 5.10 Å². The van der Waals surface area contributed by atoms with Crippen LogP contribution in [0.15, 0.2) is 6.07 Å². The zero-order valence-corrected chi connectivity index (χ0v) is 10.5. The van der Waals surface area contributed by atoms with Crippen molar-refractivity contribution in [2.24, 2.45) is 13.0 Å². The van der Waals surface area contributed by atoms with E-state index in [1.165, 1.54) is 0 Å². The number of carbonyl (C=O) groups excluding carboxylic acids is 1. The van der Waals surface area contributed by atoms with Crippen molar-refractivity contribution < 1.29 is 4.79 Å². The van der Waals surface area contributed by atoms with E-state index in [2.05, 4.69) is 25.9 Å². The van der Waals surface area contributed by atoms with E-state index in [-0.39, 0.29) is 17.1 Å². The number of hydrogen-bond acceptors (Lipinski definition) is 2. The Morgan fingerprint density at radius 3 is 2.27 bits per heavy atom. The minimum absolute atomic E-state index is 0.00668. The maximum atomic E-state index is 11.8. The molecule has 0 radical (unpaired) electrons. The van der Waals surface area contributed by atoms with Gasteiger partial charge in [-0.05, 0) is 6.07 Å². The van der Waals surface area contributed by atoms with Crippen LogP contribution in [0.3, 0.4) is 0 Å². The van der Waals surface area contributed by atoms with Crippen LogP contribution >= 0.6 is 0 Å². The monoisotopic (exact) mass is 208 g/mol. The molecule has 0 atom stereocenters. The molecule has 0 N–H and O–H groups in total. The summed E-state index contributed by atoms with van der Waals surface area (Å²) in [6.45, 7) is 10.1. The van der Waals surface area contributed by atoms with E-state index in [4.69, 9.17) is 0 Å². The fourth-order valence-corrected chi connectivity index (χ4v) is 1.36. The number of aromatic nitrogens is 2. The second-order valence-electron chi connectivity index (χ2n) is 5.31. The highest BCUT2D eigenvalue weighted by atomic mass is 16.1. The van der Waals surface area contributed by atoms with Crippen LogP contribution in [-0.4, -0.2) is 15.6 Å². The average molecular weight is 208 g/mol. The third-order valence-corrected chi connectivity index (χ3v) is 2.43. The first-order chi connectivity index (χ1) is 6.73. The lowest BCUT2D eigenvalue weighted by Gasteiger charge is -2.13. The fraction of sp³-hybridized carbons (Fsp3) is 0.667. The Labute approximate surface area is 91.5 Å². The number of nitrogens with zero attached hydrogens (tertiary/aromatic N) is 2. The summed E-state index contributed by atoms with van der Waals surface area (Å²) in [5.41, 5.74) is 1.66. The molecule has 0 unspecified atom stereocenters. The first kappa shape index (κ1) is 12.0. The van der Waals surface area contributed by atoms with Crippen LogP contribution in [0, 0.1) is 5.92 Å². The number of aryl methyl sites for hydroxylation is 1. The molecule has 1 heterocycles. The van der Waals surface area contributed by atoms with Crippen molar-refractivity contribution in [3.63, 3.8) is 0 Å². The van der Waals surface area contributed by atoms with Crippen LogP contribution in [0.4, 0.5) is 0 Å². The van der Waals surface area contributed by atoms with Crippen LogP contribution in [-0.2, 0) is 12.5 Å². The van der Waals surface area contributed by atoms with Gasteiger partial charge in [0.25, 0.3) is 0 Å². The van der Waals surface area contributed by atoms with E-state index in [0.29, 0.717) is 5.69 Å². The van der Waals surface area contributed by atoms with Crippen molar-refractivity contribution in [1.29, 1.82) is 0 Å². The summed E-state index contributed by atoms with van der Waals surface area (Å²) in [5, 5.41) is 4.38. The van der Waals surface area contributed by atoms with Crippen molar-refractivity contribution >= 4 is 5.78 Å². The van der Waals surface area contributed by atoms with Gasteiger partial charge in [-0.1, -0.05) is 34.6 Å². The molecule has 0 fully saturated rings. The number of carbonyl (C=O) groups is 1. The maximum absolute atomic E-state index is 11.8. The van der Waals surface area contributed by atoms with Gasteiger partial charge in [-0.25, -0.2) is 0 Å². The van der Waals surface area contributed by atoms with Gasteiger partial charge in [0.15, 0.2) is 5.78 Å². The Morgan fingerprint density at radius 2 is 1.93 bits per heavy atom. The second-order valence-corrected chi connectivity index (χ2v) is 5.31. The summed E-state index contributed by atoms with van der Waals surface area (Å²) in [6.07, 6.45) is 0. The fourth-order valence-electron chi connectivity index (χ4n) is 1.36. The third-order valence-electron chi connectivity index (χ3n) is 2.43. The summed E-state index contributed by atoms with van der Waals surface area (Å²) in [5.74, 6) is 0.175. The SMILES string of the molecule is CC(C)C(=O)c1cc(C(C)(C)C)nn1C. The lowest BCUT2D eigenvalue weighted by atomic mass is 9.91. The van der Waals surface area contributed by atoms with E-state index in [1.54, 1.807) is 4.68 Å². The van der Waals surface area contributed by atoms with Crippen molar-refractivity contribution in [2.45, 2.75) is 40.0 Å². The molecule has 0 aliphatic carbocycles. The molecule has 0 aliphatic heterocycles. The summed E-state index contributed by atoms with van der Waals surface area (Å²) in [4.78, 5) is 11.8. The average Bonchev–Trinajstić information content (AvgIpc) is 2.45. The number of hydrogen-bond donors (Lipinski definition) is 0. The van der Waals surface area contributed by atoms with E-state index in [0.717, 1.165) is 5.69 Å². The van der Waals surface area contributed by atoms with Crippen molar-refractivity contribution in [2.75, 3.05) is 0 Å². The molecule has 84 valence electrons. The van der Waals surface area contributed by atoms with Crippen molar-refractivity contribution in [3.8, 4) is 0 Å². The highest BCUT2D eigenvalue weighted by Gasteiger charge is 2.22. The molecule has 0 aliphatic rings. The lowest BCUT2D eigenvalue weighted by Crippen LogP contribution is -2.12. The van der Waals surface area contributed by atoms with Crippen LogP contribution in [0.2, 0.25) is 0 Å². The molecular formula is C12H20N2O. The summed E-state index contributed by atoms with van der Waals surface area (Å²) < 4.78 is 1.68. The van der Waals surface area contributed by atoms with Gasteiger partial charge in [0.2, 0.25) is 0 Å². The summed E-state index contributed by atoms with van der Waals surface area (Å²) >= 11 is 0. The van der Waals surface area contributed by atoms with E-state index >= 15 is 0 Å². The van der Waals surface area contributed by atoms with Gasteiger partial charge >= 0.3 is 0 Å². The Hall–Kier alpha value is -1.12. The molecule has 0 saturated carbocycles. The number of ketones is 1. The van der Waals surface area contributed by atoms with Crippen molar-refractivity contribution in [3.05, 3.63) is 17.5 Å². The predicted octanol–water partition coefficient (Wildman–Crippen LogP) is 2.56. The quantitative estimate of drug-likeness (QED) is 0.700. The lowest BCUT2D eigenvalue weighted by molar-refractivity contribution is 0.0930. The first-order valence-electron chi connectivity index (χ1n) is 5.32. The van der Waals surface area contributed by atoms with Crippen LogP contribution in [0.25, 0.3) is 0 Å². The Morgan fingerprint density at radius 1 is 1.40 bits per heavy atom. The smallest absolute Gasteiger partial charge is 0.183 e. The van der Waals surface area contributed by atoms with Gasteiger partial charge in [-0.3, -0.25) is 9.48 Å². The van der Waals surface area contributed by atoms with E-state index in [9.17, 15) is 4.79 Å². The first-order valence-corrected chi connectivity index (χ1v) is 5.32. The predicted molar refractivity (Wildman–Crippen MR) is 61.1 cm³/mol. The van der Waals surface area contributed by atoms with Gasteiger partial charge in [0, 0.05) is 18.4 Å². The zero-order valence-electron chi connectivity index (χ0n) is 10.5. The standard InChI is InChI=1S/C12H20N2O/c1-8(2)11(15)9-7-10(12(3,4)5)13-14(9)6/h7-8H,1-6H3. The van der Waals surface area contributed by atoms with Gasteiger partial charge in [-0.15, -0.1) is 0 Å². The van der Waals surface area contributed by atoms with Gasteiger partial charge in [0.05, 0.1) is 5.69 Å². The highest BCUT2D eigenvalue weighted by Crippen LogP contribution is 2.22. The molecule has 1 aromatic heterocycles. The normalized spacial score (nSPS) is 12.2. The number of Topliss-reactive ketones (excluding diaryl/α,β-unsaturated/α-hetero) is 1. The zero-order chi connectivity index (χ0) is 11.8. The number of rotatable bonds is 2. The van der Waals surface area contributed by atoms with Gasteiger partial charge in [0.1, 0.15) is 5.69 Å². The molecule has 0 amide bonds. The summed E-state index contributed by atoms with van der Waals surface area (Å²) in [7, 11) is 1.82. The molecule has 3 nitrogen and oxygen atoms in total. The topological polar surface area (TPSA) is 34.9 Å². The molecule has 15 heavy (non-hydrogen) atoms. The molecular weight excluding hydrogens is 188 g/mol. The van der Waals surface area contributed by atoms with Crippen LogP contribution in [0.5, 0.6) is 0 Å². The Bertz CT molecular complexity index is 369. The molecule has 1 aromatic rings. The third kappa shape index (κ3) is 2.46. The largest absolute Gasteiger partial charge is 0.292 e. The van der Waals surface area contributed by atoms with E-state index < -0.39 is 0 Å². The molecule has 3 heteroatoms. The van der Waals surface area contributed by atoms with Gasteiger partial charge < -0.3 is 0 Å². The minimum Gasteiger partial charge on any atom is -0.292 e. The Kier molecular flexibility index (Phi) is 3.03. The molecule has 0 spiro atoms.